The second kappa shape index (κ2) is 5.38. The number of aliphatic carboxylic acids is 1. The molecule has 0 amide bonds. The van der Waals surface area contributed by atoms with Gasteiger partial charge in [0.2, 0.25) is 0 Å². The van der Waals surface area contributed by atoms with Crippen LogP contribution in [-0.2, 0) is 4.79 Å². The SMILES string of the molecule is CC1(C(=O)O)CCCN1CCC1CCCCC1. The van der Waals surface area contributed by atoms with Gasteiger partial charge in [0.05, 0.1) is 0 Å². The second-order valence-electron chi connectivity index (χ2n) is 5.96. The number of carboxylic acid groups (broad SMARTS) is 1. The Kier molecular flexibility index (Phi) is 4.08. The van der Waals surface area contributed by atoms with Crippen LogP contribution in [0.5, 0.6) is 0 Å². The molecule has 0 aromatic heterocycles. The van der Waals surface area contributed by atoms with Crippen molar-refractivity contribution in [2.24, 2.45) is 5.92 Å². The lowest BCUT2D eigenvalue weighted by molar-refractivity contribution is -0.148. The third-order valence-corrected chi connectivity index (χ3v) is 4.78. The molecule has 2 fully saturated rings. The van der Waals surface area contributed by atoms with E-state index in [0.29, 0.717) is 0 Å². The zero-order valence-electron chi connectivity index (χ0n) is 11.0. The highest BCUT2D eigenvalue weighted by atomic mass is 16.4. The fourth-order valence-electron chi connectivity index (χ4n) is 3.43. The average molecular weight is 239 g/mol. The largest absolute Gasteiger partial charge is 0.480 e. The first-order chi connectivity index (χ1) is 8.13. The Morgan fingerprint density at radius 2 is 2.00 bits per heavy atom. The van der Waals surface area contributed by atoms with Crippen LogP contribution >= 0.6 is 0 Å². The number of rotatable bonds is 4. The number of nitrogens with zero attached hydrogens (tertiary/aromatic N) is 1. The smallest absolute Gasteiger partial charge is 0.323 e. The molecule has 0 aromatic rings. The minimum Gasteiger partial charge on any atom is -0.480 e. The van der Waals surface area contributed by atoms with Crippen molar-refractivity contribution < 1.29 is 9.90 Å². The summed E-state index contributed by atoms with van der Waals surface area (Å²) in [5, 5.41) is 9.34. The third-order valence-electron chi connectivity index (χ3n) is 4.78. The molecule has 1 unspecified atom stereocenters. The molecule has 1 aliphatic heterocycles. The van der Waals surface area contributed by atoms with Gasteiger partial charge in [-0.2, -0.15) is 0 Å². The van der Waals surface area contributed by atoms with Crippen molar-refractivity contribution in [2.45, 2.75) is 63.8 Å². The number of carbonyl (C=O) groups is 1. The molecule has 3 heteroatoms. The maximum Gasteiger partial charge on any atom is 0.323 e. The molecule has 1 saturated carbocycles. The molecule has 0 radical (unpaired) electrons. The standard InChI is InChI=1S/C14H25NO2/c1-14(13(16)17)9-5-10-15(14)11-8-12-6-3-2-4-7-12/h12H,2-11H2,1H3,(H,16,17). The van der Waals surface area contributed by atoms with E-state index in [1.165, 1.54) is 38.5 Å². The van der Waals surface area contributed by atoms with Crippen molar-refractivity contribution in [3.8, 4) is 0 Å². The molecule has 0 spiro atoms. The van der Waals surface area contributed by atoms with Crippen LogP contribution < -0.4 is 0 Å². The van der Waals surface area contributed by atoms with Crippen molar-refractivity contribution in [3.63, 3.8) is 0 Å². The summed E-state index contributed by atoms with van der Waals surface area (Å²) < 4.78 is 0. The van der Waals surface area contributed by atoms with Gasteiger partial charge in [-0.1, -0.05) is 32.1 Å². The number of hydrogen-bond donors (Lipinski definition) is 1. The minimum absolute atomic E-state index is 0.589. The van der Waals surface area contributed by atoms with E-state index in [1.54, 1.807) is 0 Å². The van der Waals surface area contributed by atoms with E-state index in [9.17, 15) is 9.90 Å². The highest BCUT2D eigenvalue weighted by molar-refractivity contribution is 5.78. The van der Waals surface area contributed by atoms with E-state index in [0.717, 1.165) is 31.8 Å². The summed E-state index contributed by atoms with van der Waals surface area (Å²) >= 11 is 0. The number of carboxylic acids is 1. The topological polar surface area (TPSA) is 40.5 Å². The van der Waals surface area contributed by atoms with Gasteiger partial charge in [0, 0.05) is 0 Å². The molecule has 17 heavy (non-hydrogen) atoms. The zero-order valence-corrected chi connectivity index (χ0v) is 11.0. The van der Waals surface area contributed by atoms with Crippen LogP contribution in [0.2, 0.25) is 0 Å². The second-order valence-corrected chi connectivity index (χ2v) is 5.96. The van der Waals surface area contributed by atoms with Gasteiger partial charge in [0.1, 0.15) is 5.54 Å². The molecule has 1 heterocycles. The lowest BCUT2D eigenvalue weighted by atomic mass is 9.86. The van der Waals surface area contributed by atoms with Gasteiger partial charge in [-0.15, -0.1) is 0 Å². The van der Waals surface area contributed by atoms with Crippen LogP contribution in [0.1, 0.15) is 58.3 Å². The molecule has 1 atom stereocenters. The maximum atomic E-state index is 11.3. The first-order valence-electron chi connectivity index (χ1n) is 7.11. The van der Waals surface area contributed by atoms with Crippen LogP contribution in [0.3, 0.4) is 0 Å². The van der Waals surface area contributed by atoms with Crippen LogP contribution in [0, 0.1) is 5.92 Å². The quantitative estimate of drug-likeness (QED) is 0.820. The summed E-state index contributed by atoms with van der Waals surface area (Å²) in [5.74, 6) is 0.209. The summed E-state index contributed by atoms with van der Waals surface area (Å²) in [6.07, 6.45) is 9.91. The van der Waals surface area contributed by atoms with Crippen LogP contribution in [-0.4, -0.2) is 34.6 Å². The predicted molar refractivity (Wildman–Crippen MR) is 68.0 cm³/mol. The Hall–Kier alpha value is -0.570. The van der Waals surface area contributed by atoms with Crippen molar-refractivity contribution in [3.05, 3.63) is 0 Å². The minimum atomic E-state index is -0.640. The van der Waals surface area contributed by atoms with Gasteiger partial charge in [-0.05, 0) is 45.2 Å². The number of likely N-dealkylation sites (tertiary alicyclic amines) is 1. The molecule has 1 N–H and O–H groups in total. The van der Waals surface area contributed by atoms with Crippen molar-refractivity contribution in [1.82, 2.24) is 4.90 Å². The Labute approximate surface area is 104 Å². The van der Waals surface area contributed by atoms with Gasteiger partial charge < -0.3 is 5.11 Å². The molecule has 3 nitrogen and oxygen atoms in total. The molecule has 98 valence electrons. The molecule has 0 aromatic carbocycles. The van der Waals surface area contributed by atoms with Crippen molar-refractivity contribution in [1.29, 1.82) is 0 Å². The van der Waals surface area contributed by atoms with Crippen LogP contribution in [0.4, 0.5) is 0 Å². The Morgan fingerprint density at radius 1 is 1.29 bits per heavy atom. The van der Waals surface area contributed by atoms with Crippen LogP contribution in [0.15, 0.2) is 0 Å². The summed E-state index contributed by atoms with van der Waals surface area (Å²) in [6.45, 7) is 3.84. The maximum absolute atomic E-state index is 11.3. The summed E-state index contributed by atoms with van der Waals surface area (Å²) in [5.41, 5.74) is -0.589. The third kappa shape index (κ3) is 2.82. The molecule has 2 aliphatic rings. The summed E-state index contributed by atoms with van der Waals surface area (Å²) in [4.78, 5) is 13.5. The van der Waals surface area contributed by atoms with Gasteiger partial charge in [0.15, 0.2) is 0 Å². The van der Waals surface area contributed by atoms with E-state index in [1.807, 2.05) is 6.92 Å². The molecular weight excluding hydrogens is 214 g/mol. The fourth-order valence-corrected chi connectivity index (χ4v) is 3.43. The summed E-state index contributed by atoms with van der Waals surface area (Å²) in [6, 6.07) is 0. The summed E-state index contributed by atoms with van der Waals surface area (Å²) in [7, 11) is 0. The lowest BCUT2D eigenvalue weighted by Gasteiger charge is -2.33. The van der Waals surface area contributed by atoms with E-state index >= 15 is 0 Å². The normalized spacial score (nSPS) is 31.8. The van der Waals surface area contributed by atoms with Crippen molar-refractivity contribution >= 4 is 5.97 Å². The fraction of sp³-hybridized carbons (Fsp3) is 0.929. The Morgan fingerprint density at radius 3 is 2.65 bits per heavy atom. The van der Waals surface area contributed by atoms with Gasteiger partial charge in [0.25, 0.3) is 0 Å². The average Bonchev–Trinajstić information content (AvgIpc) is 2.71. The lowest BCUT2D eigenvalue weighted by Crippen LogP contribution is -2.48. The van der Waals surface area contributed by atoms with Crippen LogP contribution in [0.25, 0.3) is 0 Å². The highest BCUT2D eigenvalue weighted by Crippen LogP contribution is 2.32. The monoisotopic (exact) mass is 239 g/mol. The van der Waals surface area contributed by atoms with E-state index in [-0.39, 0.29) is 0 Å². The van der Waals surface area contributed by atoms with Crippen molar-refractivity contribution in [2.75, 3.05) is 13.1 Å². The van der Waals surface area contributed by atoms with Gasteiger partial charge in [-0.25, -0.2) is 0 Å². The Bertz CT molecular complexity index is 273. The zero-order chi connectivity index (χ0) is 12.3. The molecular formula is C14H25NO2. The molecule has 1 saturated heterocycles. The predicted octanol–water partition coefficient (Wildman–Crippen LogP) is 2.90. The highest BCUT2D eigenvalue weighted by Gasteiger charge is 2.42. The number of hydrogen-bond acceptors (Lipinski definition) is 2. The first-order valence-corrected chi connectivity index (χ1v) is 7.11. The molecule has 1 aliphatic carbocycles. The molecule has 2 rings (SSSR count). The van der Waals surface area contributed by atoms with E-state index in [2.05, 4.69) is 4.90 Å². The van der Waals surface area contributed by atoms with E-state index < -0.39 is 11.5 Å². The van der Waals surface area contributed by atoms with Gasteiger partial charge >= 0.3 is 5.97 Å². The Balaban J connectivity index is 1.83. The van der Waals surface area contributed by atoms with E-state index in [4.69, 9.17) is 0 Å². The van der Waals surface area contributed by atoms with Gasteiger partial charge in [-0.3, -0.25) is 9.69 Å². The first kappa shape index (κ1) is 12.9. The molecule has 0 bridgehead atoms.